The molecule has 4 fully saturated rings. The van der Waals surface area contributed by atoms with Crippen molar-refractivity contribution in [2.75, 3.05) is 0 Å². The van der Waals surface area contributed by atoms with Crippen molar-refractivity contribution in [1.82, 2.24) is 0 Å². The molecule has 1 saturated heterocycles. The quantitative estimate of drug-likeness (QED) is 0.242. The molecule has 3 saturated carbocycles. The molecule has 1 aliphatic heterocycles. The third kappa shape index (κ3) is 4.34. The summed E-state index contributed by atoms with van der Waals surface area (Å²) >= 11 is 0. The second-order valence-corrected chi connectivity index (χ2v) is 17.2. The van der Waals surface area contributed by atoms with Crippen molar-refractivity contribution in [3.63, 3.8) is 0 Å². The lowest BCUT2D eigenvalue weighted by molar-refractivity contribution is -0.323. The minimum atomic E-state index is -1.29. The number of hydrogen-bond acceptors (Lipinski definition) is 6. The first-order valence-electron chi connectivity index (χ1n) is 16.8. The second kappa shape index (κ2) is 10.0. The maximum atomic E-state index is 12.8. The molecule has 5 aliphatic carbocycles. The van der Waals surface area contributed by atoms with Crippen LogP contribution in [0.2, 0.25) is 0 Å². The van der Waals surface area contributed by atoms with Crippen LogP contribution in [0.4, 0.5) is 0 Å². The number of carboxylic acid groups (broad SMARTS) is 1. The predicted molar refractivity (Wildman–Crippen MR) is 159 cm³/mol. The van der Waals surface area contributed by atoms with E-state index < -0.39 is 42.1 Å². The molecule has 6 aliphatic rings. The molecule has 0 spiro atoms. The number of allylic oxidation sites excluding steroid dienone is 2. The van der Waals surface area contributed by atoms with E-state index in [0.717, 1.165) is 70.6 Å². The van der Waals surface area contributed by atoms with Gasteiger partial charge in [0.25, 0.3) is 0 Å². The summed E-state index contributed by atoms with van der Waals surface area (Å²) < 4.78 is 12.3. The van der Waals surface area contributed by atoms with Crippen LogP contribution in [-0.2, 0) is 14.3 Å². The van der Waals surface area contributed by atoms with E-state index in [1.54, 1.807) is 12.5 Å². The van der Waals surface area contributed by atoms with Crippen LogP contribution in [0.25, 0.3) is 0 Å². The Hall–Kier alpha value is -0.990. The molecule has 0 bridgehead atoms. The summed E-state index contributed by atoms with van der Waals surface area (Å²) in [6.45, 7) is 16.0. The van der Waals surface area contributed by atoms with Gasteiger partial charge in [-0.1, -0.05) is 52.7 Å². The molecule has 7 heteroatoms. The number of aliphatic hydroxyl groups excluding tert-OH is 3. The fraction of sp³-hybridized carbons (Fsp3) is 0.914. The van der Waals surface area contributed by atoms with Gasteiger partial charge in [-0.05, 0) is 117 Å². The van der Waals surface area contributed by atoms with Crippen LogP contribution < -0.4 is 0 Å². The molecule has 7 nitrogen and oxygen atoms in total. The third-order valence-electron chi connectivity index (χ3n) is 14.2. The second-order valence-electron chi connectivity index (χ2n) is 17.2. The van der Waals surface area contributed by atoms with E-state index >= 15 is 0 Å². The molecule has 1 heterocycles. The Bertz CT molecular complexity index is 1130. The van der Waals surface area contributed by atoms with Crippen LogP contribution in [0.3, 0.4) is 0 Å². The summed E-state index contributed by atoms with van der Waals surface area (Å²) in [6, 6.07) is 0. The predicted octanol–water partition coefficient (Wildman–Crippen LogP) is 5.84. The molecule has 0 aromatic carbocycles. The number of aliphatic hydroxyl groups is 3. The Morgan fingerprint density at radius 1 is 0.833 bits per heavy atom. The van der Waals surface area contributed by atoms with Gasteiger partial charge < -0.3 is 29.9 Å². The molecule has 12 atom stereocenters. The third-order valence-corrected chi connectivity index (χ3v) is 14.2. The fourth-order valence-corrected chi connectivity index (χ4v) is 11.8. The summed E-state index contributed by atoms with van der Waals surface area (Å²) in [5.74, 6) is 0.587. The Labute approximate surface area is 252 Å². The maximum Gasteiger partial charge on any atom is 0.310 e. The molecule has 0 aromatic heterocycles. The summed E-state index contributed by atoms with van der Waals surface area (Å²) in [4.78, 5) is 12.8. The zero-order valence-corrected chi connectivity index (χ0v) is 27.0. The zero-order chi connectivity index (χ0) is 30.6. The normalized spacial score (nSPS) is 51.5. The SMILES string of the molecule is C[C@H]1O[C@@H](OC2CC[C@@]3(C)C(CC[C@@]4(C)C5=C(CCC34)C3CC(C)(C)CC[C@]3(C(=O)O)CC5)C2(C)C)[C@H](O)[C@@H](O)[C@@H]1O. The van der Waals surface area contributed by atoms with E-state index in [1.807, 2.05) is 0 Å². The maximum absolute atomic E-state index is 12.8. The number of ether oxygens (including phenoxy) is 2. The van der Waals surface area contributed by atoms with Crippen LogP contribution in [0, 0.1) is 44.8 Å². The summed E-state index contributed by atoms with van der Waals surface area (Å²) in [7, 11) is 0. The molecule has 0 aromatic rings. The van der Waals surface area contributed by atoms with Gasteiger partial charge in [0.2, 0.25) is 0 Å². The van der Waals surface area contributed by atoms with Crippen molar-refractivity contribution in [3.05, 3.63) is 11.1 Å². The van der Waals surface area contributed by atoms with E-state index in [9.17, 15) is 25.2 Å². The van der Waals surface area contributed by atoms with Gasteiger partial charge >= 0.3 is 5.97 Å². The molecule has 4 N–H and O–H groups in total. The van der Waals surface area contributed by atoms with E-state index in [0.29, 0.717) is 11.8 Å². The average Bonchev–Trinajstić information content (AvgIpc) is 2.91. The van der Waals surface area contributed by atoms with Crippen molar-refractivity contribution < 1.29 is 34.7 Å². The highest BCUT2D eigenvalue weighted by Crippen LogP contribution is 2.71. The van der Waals surface area contributed by atoms with Crippen molar-refractivity contribution >= 4 is 5.97 Å². The highest BCUT2D eigenvalue weighted by Gasteiger charge is 2.65. The van der Waals surface area contributed by atoms with Crippen LogP contribution >= 0.6 is 0 Å². The van der Waals surface area contributed by atoms with Gasteiger partial charge in [0.15, 0.2) is 6.29 Å². The zero-order valence-electron chi connectivity index (χ0n) is 27.0. The molecule has 6 rings (SSSR count). The van der Waals surface area contributed by atoms with Crippen molar-refractivity contribution in [3.8, 4) is 0 Å². The van der Waals surface area contributed by atoms with Crippen LogP contribution in [0.1, 0.15) is 119 Å². The molecule has 238 valence electrons. The van der Waals surface area contributed by atoms with Crippen molar-refractivity contribution in [2.24, 2.45) is 44.8 Å². The van der Waals surface area contributed by atoms with Gasteiger partial charge in [-0.2, -0.15) is 0 Å². The van der Waals surface area contributed by atoms with Gasteiger partial charge in [-0.3, -0.25) is 4.79 Å². The Balaban J connectivity index is 1.27. The minimum absolute atomic E-state index is 0.104. The number of carbonyl (C=O) groups is 1. The first-order chi connectivity index (χ1) is 19.5. The molecular formula is C35H56O7. The van der Waals surface area contributed by atoms with Gasteiger partial charge in [0.05, 0.1) is 17.6 Å². The molecule has 4 unspecified atom stereocenters. The van der Waals surface area contributed by atoms with Gasteiger partial charge in [0.1, 0.15) is 18.3 Å². The largest absolute Gasteiger partial charge is 0.481 e. The van der Waals surface area contributed by atoms with E-state index in [-0.39, 0.29) is 33.7 Å². The first-order valence-corrected chi connectivity index (χ1v) is 16.8. The monoisotopic (exact) mass is 588 g/mol. The highest BCUT2D eigenvalue weighted by molar-refractivity contribution is 5.76. The first kappa shape index (κ1) is 31.0. The number of carboxylic acids is 1. The van der Waals surface area contributed by atoms with Gasteiger partial charge in [-0.15, -0.1) is 0 Å². The van der Waals surface area contributed by atoms with Crippen molar-refractivity contribution in [2.45, 2.75) is 156 Å². The Morgan fingerprint density at radius 2 is 1.55 bits per heavy atom. The summed E-state index contributed by atoms with van der Waals surface area (Å²) in [5.41, 5.74) is 2.83. The number of rotatable bonds is 3. The Morgan fingerprint density at radius 3 is 2.24 bits per heavy atom. The summed E-state index contributed by atoms with van der Waals surface area (Å²) in [6.07, 6.45) is 5.38. The Kier molecular flexibility index (Phi) is 7.39. The lowest BCUT2D eigenvalue weighted by Crippen LogP contribution is -2.63. The number of hydrogen-bond donors (Lipinski definition) is 4. The minimum Gasteiger partial charge on any atom is -0.481 e. The van der Waals surface area contributed by atoms with E-state index in [1.165, 1.54) is 5.57 Å². The van der Waals surface area contributed by atoms with Crippen molar-refractivity contribution in [1.29, 1.82) is 0 Å². The lowest BCUT2D eigenvalue weighted by Gasteiger charge is -2.67. The smallest absolute Gasteiger partial charge is 0.310 e. The highest BCUT2D eigenvalue weighted by atomic mass is 16.7. The van der Waals surface area contributed by atoms with E-state index in [4.69, 9.17) is 9.47 Å². The number of fused-ring (bicyclic) bond motifs is 6. The summed E-state index contributed by atoms with van der Waals surface area (Å²) in [5, 5.41) is 41.8. The lowest BCUT2D eigenvalue weighted by atomic mass is 9.38. The van der Waals surface area contributed by atoms with E-state index in [2.05, 4.69) is 41.5 Å². The van der Waals surface area contributed by atoms with Gasteiger partial charge in [0, 0.05) is 0 Å². The van der Waals surface area contributed by atoms with Crippen LogP contribution in [-0.4, -0.2) is 63.2 Å². The fourth-order valence-electron chi connectivity index (χ4n) is 11.8. The number of aliphatic carboxylic acids is 1. The molecule has 42 heavy (non-hydrogen) atoms. The van der Waals surface area contributed by atoms with Crippen LogP contribution in [0.5, 0.6) is 0 Å². The topological polar surface area (TPSA) is 116 Å². The standard InChI is InChI=1S/C35H56O7/c1-19-26(36)27(37)28(38)29(41-19)42-25-12-14-34(7)23(32(25,4)5)11-13-33(6)21-10-15-35(30(39)40)17-16-31(2,3)18-22(35)20(21)8-9-24(33)34/h19,22-29,36-38H,8-18H2,1-7H3,(H,39,40)/t19-,22?,23?,24?,25?,26-,27+,28-,29+,33+,34+,35-/m1/s1. The molecule has 0 amide bonds. The average molecular weight is 589 g/mol. The molecule has 0 radical (unpaired) electrons. The molecular weight excluding hydrogens is 532 g/mol. The van der Waals surface area contributed by atoms with Crippen LogP contribution in [0.15, 0.2) is 11.1 Å². The van der Waals surface area contributed by atoms with Gasteiger partial charge in [-0.25, -0.2) is 0 Å².